The number of piperidine rings is 1. The molecule has 29 heavy (non-hydrogen) atoms. The lowest BCUT2D eigenvalue weighted by Gasteiger charge is -2.26. The topological polar surface area (TPSA) is 79.4 Å². The molecule has 1 aliphatic heterocycles. The average Bonchev–Trinajstić information content (AvgIpc) is 3.40. The van der Waals surface area contributed by atoms with Crippen molar-refractivity contribution in [3.8, 4) is 10.6 Å². The molecule has 1 fully saturated rings. The van der Waals surface area contributed by atoms with Gasteiger partial charge in [0.1, 0.15) is 10.7 Å². The number of carbonyl (C=O) groups excluding carboxylic acids is 1. The van der Waals surface area contributed by atoms with Crippen molar-refractivity contribution >= 4 is 43.7 Å². The SMILES string of the molecule is O=C(Nc1nc(-c2cccs2)cs1)c1ccc(F)c(S(=O)(=O)N2CCCCC2)c1. The molecule has 1 aliphatic rings. The minimum absolute atomic E-state index is 0.0647. The van der Waals surface area contributed by atoms with Crippen molar-refractivity contribution in [3.05, 3.63) is 52.5 Å². The Morgan fingerprint density at radius 2 is 1.93 bits per heavy atom. The summed E-state index contributed by atoms with van der Waals surface area (Å²) in [7, 11) is -3.98. The highest BCUT2D eigenvalue weighted by molar-refractivity contribution is 7.89. The highest BCUT2D eigenvalue weighted by Crippen LogP contribution is 2.29. The van der Waals surface area contributed by atoms with Crippen LogP contribution in [0.15, 0.2) is 46.0 Å². The van der Waals surface area contributed by atoms with E-state index in [9.17, 15) is 17.6 Å². The van der Waals surface area contributed by atoms with Gasteiger partial charge in [-0.2, -0.15) is 4.31 Å². The van der Waals surface area contributed by atoms with Gasteiger partial charge < -0.3 is 0 Å². The van der Waals surface area contributed by atoms with Crippen LogP contribution in [-0.4, -0.2) is 36.7 Å². The van der Waals surface area contributed by atoms with Gasteiger partial charge in [-0.15, -0.1) is 22.7 Å². The lowest BCUT2D eigenvalue weighted by atomic mass is 10.2. The Hall–Kier alpha value is -2.14. The minimum Gasteiger partial charge on any atom is -0.298 e. The Balaban J connectivity index is 1.56. The third kappa shape index (κ3) is 4.25. The second-order valence-corrected chi connectivity index (χ2v) is 10.3. The van der Waals surface area contributed by atoms with E-state index in [4.69, 9.17) is 0 Å². The lowest BCUT2D eigenvalue weighted by Crippen LogP contribution is -2.36. The van der Waals surface area contributed by atoms with Gasteiger partial charge in [0.05, 0.1) is 10.6 Å². The van der Waals surface area contributed by atoms with Crippen LogP contribution >= 0.6 is 22.7 Å². The van der Waals surface area contributed by atoms with Gasteiger partial charge in [0.25, 0.3) is 5.91 Å². The van der Waals surface area contributed by atoms with Gasteiger partial charge in [0.15, 0.2) is 5.13 Å². The third-order valence-electron chi connectivity index (χ3n) is 4.62. The molecule has 0 radical (unpaired) electrons. The van der Waals surface area contributed by atoms with Crippen LogP contribution in [0.3, 0.4) is 0 Å². The Kier molecular flexibility index (Phi) is 5.77. The predicted molar refractivity (Wildman–Crippen MR) is 112 cm³/mol. The summed E-state index contributed by atoms with van der Waals surface area (Å²) in [5, 5.41) is 6.82. The molecule has 0 bridgehead atoms. The number of aromatic nitrogens is 1. The summed E-state index contributed by atoms with van der Waals surface area (Å²) in [5.41, 5.74) is 0.822. The maximum atomic E-state index is 14.3. The van der Waals surface area contributed by atoms with E-state index in [-0.39, 0.29) is 5.56 Å². The zero-order chi connectivity index (χ0) is 20.4. The molecule has 2 aromatic heterocycles. The van der Waals surface area contributed by atoms with Crippen molar-refractivity contribution < 1.29 is 17.6 Å². The molecule has 0 saturated carbocycles. The van der Waals surface area contributed by atoms with Gasteiger partial charge >= 0.3 is 0 Å². The average molecular weight is 452 g/mol. The van der Waals surface area contributed by atoms with Gasteiger partial charge in [-0.05, 0) is 42.5 Å². The lowest BCUT2D eigenvalue weighted by molar-refractivity contribution is 0.102. The van der Waals surface area contributed by atoms with Crippen molar-refractivity contribution in [3.63, 3.8) is 0 Å². The molecule has 1 saturated heterocycles. The van der Waals surface area contributed by atoms with E-state index >= 15 is 0 Å². The Bertz CT molecular complexity index is 1120. The minimum atomic E-state index is -3.98. The fourth-order valence-corrected chi connectivity index (χ4v) is 6.20. The molecule has 3 aromatic rings. The number of thiazole rings is 1. The van der Waals surface area contributed by atoms with Crippen LogP contribution in [0, 0.1) is 5.82 Å². The molecular formula is C19H18FN3O3S3. The van der Waals surface area contributed by atoms with Crippen LogP contribution in [0.2, 0.25) is 0 Å². The number of anilines is 1. The molecule has 10 heteroatoms. The number of thiophene rings is 1. The molecular weight excluding hydrogens is 433 g/mol. The van der Waals surface area contributed by atoms with Gasteiger partial charge in [0, 0.05) is 24.0 Å². The normalized spacial score (nSPS) is 15.3. The number of rotatable bonds is 5. The Labute approximate surface area is 176 Å². The number of sulfonamides is 1. The molecule has 4 rings (SSSR count). The standard InChI is InChI=1S/C19H18FN3O3S3/c20-14-7-6-13(11-17(14)29(25,26)23-8-2-1-3-9-23)18(24)22-19-21-15(12-28-19)16-5-4-10-27-16/h4-7,10-12H,1-3,8-9H2,(H,21,22,24). The first-order valence-electron chi connectivity index (χ1n) is 9.05. The number of carbonyl (C=O) groups is 1. The van der Waals surface area contributed by atoms with Crippen LogP contribution in [0.5, 0.6) is 0 Å². The molecule has 0 unspecified atom stereocenters. The third-order valence-corrected chi connectivity index (χ3v) is 8.19. The molecule has 1 amide bonds. The van der Waals surface area contributed by atoms with E-state index in [0.717, 1.165) is 42.0 Å². The molecule has 6 nitrogen and oxygen atoms in total. The fraction of sp³-hybridized carbons (Fsp3) is 0.263. The maximum Gasteiger partial charge on any atom is 0.257 e. The highest BCUT2D eigenvalue weighted by Gasteiger charge is 2.29. The number of hydrogen-bond donors (Lipinski definition) is 1. The van der Waals surface area contributed by atoms with Crippen molar-refractivity contribution in [2.24, 2.45) is 0 Å². The zero-order valence-corrected chi connectivity index (χ0v) is 17.7. The van der Waals surface area contributed by atoms with E-state index in [1.165, 1.54) is 21.7 Å². The van der Waals surface area contributed by atoms with E-state index in [1.807, 2.05) is 22.9 Å². The summed E-state index contributed by atoms with van der Waals surface area (Å²) in [4.78, 5) is 17.5. The summed E-state index contributed by atoms with van der Waals surface area (Å²) < 4.78 is 41.2. The van der Waals surface area contributed by atoms with Crippen LogP contribution in [-0.2, 0) is 10.0 Å². The van der Waals surface area contributed by atoms with Gasteiger partial charge in [-0.25, -0.2) is 17.8 Å². The number of nitrogens with one attached hydrogen (secondary N) is 1. The van der Waals surface area contributed by atoms with Crippen LogP contribution < -0.4 is 5.32 Å². The molecule has 0 spiro atoms. The predicted octanol–water partition coefficient (Wildman–Crippen LogP) is 4.44. The summed E-state index contributed by atoms with van der Waals surface area (Å²) in [5.74, 6) is -1.39. The zero-order valence-electron chi connectivity index (χ0n) is 15.3. The summed E-state index contributed by atoms with van der Waals surface area (Å²) >= 11 is 2.81. The monoisotopic (exact) mass is 451 g/mol. The molecule has 1 aromatic carbocycles. The first-order chi connectivity index (χ1) is 13.9. The number of amides is 1. The number of nitrogens with zero attached hydrogens (tertiary/aromatic N) is 2. The second kappa shape index (κ2) is 8.31. The molecule has 1 N–H and O–H groups in total. The van der Waals surface area contributed by atoms with E-state index < -0.39 is 26.6 Å². The maximum absolute atomic E-state index is 14.3. The summed E-state index contributed by atoms with van der Waals surface area (Å²) in [6.07, 6.45) is 2.45. The number of hydrogen-bond acceptors (Lipinski definition) is 6. The van der Waals surface area contributed by atoms with E-state index in [2.05, 4.69) is 10.3 Å². The molecule has 3 heterocycles. The van der Waals surface area contributed by atoms with Gasteiger partial charge in [-0.3, -0.25) is 10.1 Å². The van der Waals surface area contributed by atoms with Crippen molar-refractivity contribution in [1.29, 1.82) is 0 Å². The van der Waals surface area contributed by atoms with E-state index in [0.29, 0.717) is 18.2 Å². The highest BCUT2D eigenvalue weighted by atomic mass is 32.2. The fourth-order valence-electron chi connectivity index (χ4n) is 3.12. The smallest absolute Gasteiger partial charge is 0.257 e. The first kappa shape index (κ1) is 20.1. The number of benzene rings is 1. The van der Waals surface area contributed by atoms with Gasteiger partial charge in [0.2, 0.25) is 10.0 Å². The van der Waals surface area contributed by atoms with Crippen LogP contribution in [0.1, 0.15) is 29.6 Å². The van der Waals surface area contributed by atoms with E-state index in [1.54, 1.807) is 11.3 Å². The first-order valence-corrected chi connectivity index (χ1v) is 12.3. The number of halogens is 1. The molecule has 0 aliphatic carbocycles. The molecule has 152 valence electrons. The largest absolute Gasteiger partial charge is 0.298 e. The van der Waals surface area contributed by atoms with Gasteiger partial charge in [-0.1, -0.05) is 12.5 Å². The summed E-state index contributed by atoms with van der Waals surface area (Å²) in [6.45, 7) is 0.728. The Morgan fingerprint density at radius 3 is 2.66 bits per heavy atom. The Morgan fingerprint density at radius 1 is 1.14 bits per heavy atom. The van der Waals surface area contributed by atoms with Crippen molar-refractivity contribution in [2.45, 2.75) is 24.2 Å². The second-order valence-electron chi connectivity index (χ2n) is 6.58. The quantitative estimate of drug-likeness (QED) is 0.622. The van der Waals surface area contributed by atoms with Crippen molar-refractivity contribution in [1.82, 2.24) is 9.29 Å². The summed E-state index contributed by atoms with van der Waals surface area (Å²) in [6, 6.07) is 7.24. The van der Waals surface area contributed by atoms with Crippen LogP contribution in [0.25, 0.3) is 10.6 Å². The van der Waals surface area contributed by atoms with Crippen molar-refractivity contribution in [2.75, 3.05) is 18.4 Å². The molecule has 0 atom stereocenters. The van der Waals surface area contributed by atoms with Crippen LogP contribution in [0.4, 0.5) is 9.52 Å².